The van der Waals surface area contributed by atoms with E-state index in [1.54, 1.807) is 12.1 Å². The molecule has 20 heavy (non-hydrogen) atoms. The third-order valence-corrected chi connectivity index (χ3v) is 5.10. The van der Waals surface area contributed by atoms with Crippen LogP contribution < -0.4 is 5.32 Å². The minimum atomic E-state index is -3.21. The second-order valence-corrected chi connectivity index (χ2v) is 7.65. The lowest BCUT2D eigenvalue weighted by atomic mass is 9.86. The predicted octanol–water partition coefficient (Wildman–Crippen LogP) is 2.40. The summed E-state index contributed by atoms with van der Waals surface area (Å²) < 4.78 is 22.7. The highest BCUT2D eigenvalue weighted by molar-refractivity contribution is 7.90. The molecule has 1 aromatic rings. The van der Waals surface area contributed by atoms with Gasteiger partial charge < -0.3 is 5.32 Å². The van der Waals surface area contributed by atoms with Gasteiger partial charge in [-0.25, -0.2) is 8.42 Å². The molecule has 4 nitrogen and oxygen atoms in total. The zero-order valence-corrected chi connectivity index (χ0v) is 12.7. The minimum absolute atomic E-state index is 0.121. The largest absolute Gasteiger partial charge is 0.349 e. The summed E-state index contributed by atoms with van der Waals surface area (Å²) in [6, 6.07) is 6.33. The number of hydrogen-bond acceptors (Lipinski definition) is 3. The highest BCUT2D eigenvalue weighted by Gasteiger charge is 2.23. The first-order valence-electron chi connectivity index (χ1n) is 6.99. The lowest BCUT2D eigenvalue weighted by Crippen LogP contribution is -2.41. The maximum atomic E-state index is 12.2. The molecule has 0 heterocycles. The second-order valence-electron chi connectivity index (χ2n) is 5.64. The summed E-state index contributed by atoms with van der Waals surface area (Å²) in [5, 5.41) is 3.05. The lowest BCUT2D eigenvalue weighted by molar-refractivity contribution is 0.0910. The zero-order valence-electron chi connectivity index (χ0n) is 11.9. The highest BCUT2D eigenvalue weighted by Crippen LogP contribution is 2.24. The van der Waals surface area contributed by atoms with Crippen molar-refractivity contribution in [3.63, 3.8) is 0 Å². The van der Waals surface area contributed by atoms with Crippen LogP contribution in [0.4, 0.5) is 0 Å². The normalized spacial score (nSPS) is 23.3. The van der Waals surface area contributed by atoms with Gasteiger partial charge >= 0.3 is 0 Å². The van der Waals surface area contributed by atoms with Crippen LogP contribution in [-0.4, -0.2) is 26.6 Å². The number of rotatable bonds is 3. The van der Waals surface area contributed by atoms with Gasteiger partial charge in [0.25, 0.3) is 5.91 Å². The van der Waals surface area contributed by atoms with Crippen LogP contribution in [0.2, 0.25) is 0 Å². The van der Waals surface area contributed by atoms with E-state index in [0.717, 1.165) is 25.5 Å². The Balaban J connectivity index is 2.06. The van der Waals surface area contributed by atoms with E-state index in [1.165, 1.54) is 18.6 Å². The van der Waals surface area contributed by atoms with Gasteiger partial charge in [0, 0.05) is 17.9 Å². The summed E-state index contributed by atoms with van der Waals surface area (Å²) in [7, 11) is -3.21. The molecule has 110 valence electrons. The van der Waals surface area contributed by atoms with E-state index >= 15 is 0 Å². The van der Waals surface area contributed by atoms with Crippen molar-refractivity contribution in [1.82, 2.24) is 5.32 Å². The summed E-state index contributed by atoms with van der Waals surface area (Å²) in [5.41, 5.74) is 0.509. The molecule has 2 atom stereocenters. The van der Waals surface area contributed by atoms with Crippen molar-refractivity contribution < 1.29 is 13.2 Å². The predicted molar refractivity (Wildman–Crippen MR) is 78.4 cm³/mol. The van der Waals surface area contributed by atoms with E-state index in [1.807, 2.05) is 0 Å². The van der Waals surface area contributed by atoms with Gasteiger partial charge in [-0.3, -0.25) is 4.79 Å². The molecule has 5 heteroatoms. The monoisotopic (exact) mass is 295 g/mol. The first-order valence-corrected chi connectivity index (χ1v) is 8.88. The molecular formula is C15H21NO3S. The Labute approximate surface area is 120 Å². The molecule has 1 aromatic carbocycles. The number of carbonyl (C=O) groups is 1. The maximum Gasteiger partial charge on any atom is 0.251 e. The van der Waals surface area contributed by atoms with Crippen molar-refractivity contribution in [3.05, 3.63) is 29.8 Å². The minimum Gasteiger partial charge on any atom is -0.349 e. The Morgan fingerprint density at radius 1 is 1.15 bits per heavy atom. The standard InChI is InChI=1S/C15H21NO3S/c1-11-5-3-4-6-14(11)16-15(17)12-7-9-13(10-8-12)20(2,18)19/h7-11,14H,3-6H2,1-2H3,(H,16,17)/t11-,14-/m1/s1. The molecule has 0 aromatic heterocycles. The summed E-state index contributed by atoms with van der Waals surface area (Å²) in [4.78, 5) is 12.4. The van der Waals surface area contributed by atoms with Gasteiger partial charge in [-0.15, -0.1) is 0 Å². The molecule has 0 aliphatic heterocycles. The van der Waals surface area contributed by atoms with E-state index in [2.05, 4.69) is 12.2 Å². The van der Waals surface area contributed by atoms with Crippen LogP contribution in [-0.2, 0) is 9.84 Å². The Hall–Kier alpha value is -1.36. The summed E-state index contributed by atoms with van der Waals surface area (Å²) >= 11 is 0. The van der Waals surface area contributed by atoms with Crippen LogP contribution in [0.25, 0.3) is 0 Å². The highest BCUT2D eigenvalue weighted by atomic mass is 32.2. The molecule has 0 saturated heterocycles. The second kappa shape index (κ2) is 5.95. The molecule has 1 N–H and O–H groups in total. The molecule has 0 radical (unpaired) electrons. The molecule has 2 rings (SSSR count). The van der Waals surface area contributed by atoms with Crippen molar-refractivity contribution >= 4 is 15.7 Å². The third kappa shape index (κ3) is 3.60. The lowest BCUT2D eigenvalue weighted by Gasteiger charge is -2.29. The van der Waals surface area contributed by atoms with E-state index in [-0.39, 0.29) is 16.8 Å². The molecule has 1 amide bonds. The fraction of sp³-hybridized carbons (Fsp3) is 0.533. The first-order chi connectivity index (χ1) is 9.38. The number of hydrogen-bond donors (Lipinski definition) is 1. The van der Waals surface area contributed by atoms with Crippen LogP contribution in [0.15, 0.2) is 29.2 Å². The van der Waals surface area contributed by atoms with Gasteiger partial charge in [-0.1, -0.05) is 19.8 Å². The van der Waals surface area contributed by atoms with Crippen LogP contribution in [0.3, 0.4) is 0 Å². The number of sulfone groups is 1. The zero-order chi connectivity index (χ0) is 14.8. The molecule has 0 unspecified atom stereocenters. The first kappa shape index (κ1) is 15.0. The van der Waals surface area contributed by atoms with Gasteiger partial charge in [-0.05, 0) is 43.0 Å². The molecule has 1 fully saturated rings. The van der Waals surface area contributed by atoms with Crippen molar-refractivity contribution in [2.75, 3.05) is 6.26 Å². The Bertz CT molecular complexity index is 578. The average Bonchev–Trinajstić information content (AvgIpc) is 2.40. The summed E-state index contributed by atoms with van der Waals surface area (Å²) in [5.74, 6) is 0.381. The quantitative estimate of drug-likeness (QED) is 0.931. The SMILES string of the molecule is C[C@@H]1CCCC[C@H]1NC(=O)c1ccc(S(C)(=O)=O)cc1. The van der Waals surface area contributed by atoms with Gasteiger partial charge in [0.05, 0.1) is 4.90 Å². The van der Waals surface area contributed by atoms with Crippen molar-refractivity contribution in [1.29, 1.82) is 0 Å². The molecule has 0 spiro atoms. The van der Waals surface area contributed by atoms with Crippen LogP contribution in [0.5, 0.6) is 0 Å². The van der Waals surface area contributed by atoms with Crippen LogP contribution in [0.1, 0.15) is 43.0 Å². The smallest absolute Gasteiger partial charge is 0.251 e. The molecular weight excluding hydrogens is 274 g/mol. The molecule has 1 saturated carbocycles. The van der Waals surface area contributed by atoms with Gasteiger partial charge in [0.2, 0.25) is 0 Å². The van der Waals surface area contributed by atoms with E-state index in [0.29, 0.717) is 11.5 Å². The number of carbonyl (C=O) groups excluding carboxylic acids is 1. The molecule has 0 bridgehead atoms. The Kier molecular flexibility index (Phi) is 4.48. The molecule has 1 aliphatic rings. The average molecular weight is 295 g/mol. The fourth-order valence-corrected chi connectivity index (χ4v) is 3.27. The number of amides is 1. The summed E-state index contributed by atoms with van der Waals surface area (Å²) in [6.07, 6.45) is 5.72. The number of nitrogens with one attached hydrogen (secondary N) is 1. The van der Waals surface area contributed by atoms with E-state index in [4.69, 9.17) is 0 Å². The van der Waals surface area contributed by atoms with Crippen molar-refractivity contribution in [2.24, 2.45) is 5.92 Å². The number of benzene rings is 1. The van der Waals surface area contributed by atoms with Crippen LogP contribution >= 0.6 is 0 Å². The van der Waals surface area contributed by atoms with Crippen molar-refractivity contribution in [3.8, 4) is 0 Å². The third-order valence-electron chi connectivity index (χ3n) is 3.97. The summed E-state index contributed by atoms with van der Waals surface area (Å²) in [6.45, 7) is 2.16. The van der Waals surface area contributed by atoms with Gasteiger partial charge in [-0.2, -0.15) is 0 Å². The Morgan fingerprint density at radius 3 is 2.30 bits per heavy atom. The van der Waals surface area contributed by atoms with Gasteiger partial charge in [0.1, 0.15) is 0 Å². The van der Waals surface area contributed by atoms with Gasteiger partial charge in [0.15, 0.2) is 9.84 Å². The van der Waals surface area contributed by atoms with Crippen molar-refractivity contribution in [2.45, 2.75) is 43.5 Å². The van der Waals surface area contributed by atoms with E-state index < -0.39 is 9.84 Å². The topological polar surface area (TPSA) is 63.2 Å². The molecule has 1 aliphatic carbocycles. The maximum absolute atomic E-state index is 12.2. The van der Waals surface area contributed by atoms with E-state index in [9.17, 15) is 13.2 Å². The van der Waals surface area contributed by atoms with Crippen LogP contribution in [0, 0.1) is 5.92 Å². The fourth-order valence-electron chi connectivity index (χ4n) is 2.64. The Morgan fingerprint density at radius 2 is 1.75 bits per heavy atom.